The van der Waals surface area contributed by atoms with Crippen molar-refractivity contribution in [2.75, 3.05) is 14.2 Å². The first-order valence-corrected chi connectivity index (χ1v) is 7.29. The molecule has 110 valence electrons. The van der Waals surface area contributed by atoms with Crippen LogP contribution in [0.15, 0.2) is 42.5 Å². The van der Waals surface area contributed by atoms with Gasteiger partial charge >= 0.3 is 0 Å². The van der Waals surface area contributed by atoms with E-state index in [-0.39, 0.29) is 6.10 Å². The van der Waals surface area contributed by atoms with Crippen molar-refractivity contribution in [1.29, 1.82) is 0 Å². The second-order valence-electron chi connectivity index (χ2n) is 5.50. The topological polar surface area (TPSA) is 30.5 Å². The van der Waals surface area contributed by atoms with Crippen LogP contribution in [-0.2, 0) is 0 Å². The first-order valence-electron chi connectivity index (χ1n) is 7.29. The number of ether oxygens (including phenoxy) is 2. The van der Waals surface area contributed by atoms with Gasteiger partial charge in [0.15, 0.2) is 0 Å². The molecule has 0 fully saturated rings. The number of methoxy groups -OCH3 is 1. The van der Waals surface area contributed by atoms with E-state index in [2.05, 4.69) is 42.6 Å². The van der Waals surface area contributed by atoms with Crippen molar-refractivity contribution in [3.63, 3.8) is 0 Å². The highest BCUT2D eigenvalue weighted by Crippen LogP contribution is 2.42. The molecule has 2 unspecified atom stereocenters. The van der Waals surface area contributed by atoms with E-state index in [1.807, 2.05) is 19.2 Å². The van der Waals surface area contributed by atoms with Crippen LogP contribution in [0, 0.1) is 6.92 Å². The minimum atomic E-state index is 0.0713. The molecule has 1 heterocycles. The summed E-state index contributed by atoms with van der Waals surface area (Å²) in [5.74, 6) is 1.74. The molecule has 0 saturated heterocycles. The highest BCUT2D eigenvalue weighted by molar-refractivity contribution is 5.44. The number of hydrogen-bond donors (Lipinski definition) is 1. The van der Waals surface area contributed by atoms with E-state index in [9.17, 15) is 0 Å². The van der Waals surface area contributed by atoms with Crippen molar-refractivity contribution in [3.05, 3.63) is 59.2 Å². The molecule has 21 heavy (non-hydrogen) atoms. The molecule has 0 aliphatic carbocycles. The molecule has 3 heteroatoms. The zero-order valence-electron chi connectivity index (χ0n) is 12.7. The van der Waals surface area contributed by atoms with Crippen LogP contribution in [0.5, 0.6) is 11.5 Å². The lowest BCUT2D eigenvalue weighted by molar-refractivity contribution is 0.153. The average molecular weight is 283 g/mol. The largest absolute Gasteiger partial charge is 0.497 e. The van der Waals surface area contributed by atoms with Crippen molar-refractivity contribution in [2.24, 2.45) is 0 Å². The molecular weight excluding hydrogens is 262 g/mol. The van der Waals surface area contributed by atoms with Gasteiger partial charge in [0.1, 0.15) is 17.6 Å². The van der Waals surface area contributed by atoms with Gasteiger partial charge in [0.05, 0.1) is 7.11 Å². The van der Waals surface area contributed by atoms with Crippen LogP contribution in [0.4, 0.5) is 0 Å². The Morgan fingerprint density at radius 2 is 2.05 bits per heavy atom. The van der Waals surface area contributed by atoms with Crippen molar-refractivity contribution in [2.45, 2.75) is 25.5 Å². The molecule has 3 nitrogen and oxygen atoms in total. The Hall–Kier alpha value is -2.00. The molecule has 1 aliphatic rings. The first kappa shape index (κ1) is 14.0. The van der Waals surface area contributed by atoms with Crippen molar-refractivity contribution in [1.82, 2.24) is 5.32 Å². The van der Waals surface area contributed by atoms with Crippen LogP contribution < -0.4 is 14.8 Å². The monoisotopic (exact) mass is 283 g/mol. The van der Waals surface area contributed by atoms with Gasteiger partial charge in [-0.25, -0.2) is 0 Å². The summed E-state index contributed by atoms with van der Waals surface area (Å²) in [4.78, 5) is 0. The molecule has 0 spiro atoms. The van der Waals surface area contributed by atoms with Crippen molar-refractivity contribution < 1.29 is 9.47 Å². The summed E-state index contributed by atoms with van der Waals surface area (Å²) < 4.78 is 11.5. The first-order chi connectivity index (χ1) is 10.2. The normalized spacial score (nSPS) is 20.5. The molecule has 0 amide bonds. The summed E-state index contributed by atoms with van der Waals surface area (Å²) in [6.07, 6.45) is 1.00. The van der Waals surface area contributed by atoms with Crippen LogP contribution in [0.3, 0.4) is 0 Å². The SMILES string of the molecule is CNC1CC(c2cccc(C)c2)Oc2cc(OC)ccc21. The third kappa shape index (κ3) is 2.74. The summed E-state index contributed by atoms with van der Waals surface area (Å²) in [6, 6.07) is 14.9. The molecule has 0 bridgehead atoms. The van der Waals surface area contributed by atoms with E-state index in [0.717, 1.165) is 17.9 Å². The third-order valence-electron chi connectivity index (χ3n) is 4.08. The predicted molar refractivity (Wildman–Crippen MR) is 84.0 cm³/mol. The molecule has 1 aliphatic heterocycles. The Morgan fingerprint density at radius 1 is 1.19 bits per heavy atom. The molecule has 0 saturated carbocycles. The van der Waals surface area contributed by atoms with Gasteiger partial charge in [-0.2, -0.15) is 0 Å². The lowest BCUT2D eigenvalue weighted by Gasteiger charge is -2.32. The van der Waals surface area contributed by atoms with E-state index < -0.39 is 0 Å². The van der Waals surface area contributed by atoms with Crippen LogP contribution in [0.2, 0.25) is 0 Å². The smallest absolute Gasteiger partial charge is 0.128 e. The van der Waals surface area contributed by atoms with Gasteiger partial charge in [-0.15, -0.1) is 0 Å². The highest BCUT2D eigenvalue weighted by atomic mass is 16.5. The number of benzene rings is 2. The Labute approximate surface area is 125 Å². The fraction of sp³-hybridized carbons (Fsp3) is 0.333. The lowest BCUT2D eigenvalue weighted by Crippen LogP contribution is -2.26. The summed E-state index contributed by atoms with van der Waals surface area (Å²) in [7, 11) is 3.68. The summed E-state index contributed by atoms with van der Waals surface area (Å²) >= 11 is 0. The molecule has 2 aromatic rings. The van der Waals surface area contributed by atoms with E-state index in [1.54, 1.807) is 7.11 Å². The molecule has 2 aromatic carbocycles. The third-order valence-corrected chi connectivity index (χ3v) is 4.08. The zero-order valence-corrected chi connectivity index (χ0v) is 12.7. The maximum Gasteiger partial charge on any atom is 0.128 e. The molecular formula is C18H21NO2. The van der Waals surface area contributed by atoms with Gasteiger partial charge in [0, 0.05) is 24.1 Å². The summed E-state index contributed by atoms with van der Waals surface area (Å²) in [5.41, 5.74) is 3.68. The van der Waals surface area contributed by atoms with Crippen LogP contribution >= 0.6 is 0 Å². The highest BCUT2D eigenvalue weighted by Gasteiger charge is 2.28. The van der Waals surface area contributed by atoms with Gasteiger partial charge in [-0.3, -0.25) is 0 Å². The quantitative estimate of drug-likeness (QED) is 0.929. The van der Waals surface area contributed by atoms with E-state index in [1.165, 1.54) is 16.7 Å². The summed E-state index contributed by atoms with van der Waals surface area (Å²) in [6.45, 7) is 2.11. The molecule has 0 radical (unpaired) electrons. The number of fused-ring (bicyclic) bond motifs is 1. The minimum Gasteiger partial charge on any atom is -0.497 e. The lowest BCUT2D eigenvalue weighted by atomic mass is 9.92. The van der Waals surface area contributed by atoms with Gasteiger partial charge in [0.25, 0.3) is 0 Å². The van der Waals surface area contributed by atoms with E-state index in [0.29, 0.717) is 6.04 Å². The Bertz CT molecular complexity index is 639. The Balaban J connectivity index is 1.97. The standard InChI is InChI=1S/C18H21NO2/c1-12-5-4-6-13(9-12)17-11-16(19-2)15-8-7-14(20-3)10-18(15)21-17/h4-10,16-17,19H,11H2,1-3H3. The van der Waals surface area contributed by atoms with Gasteiger partial charge in [0.2, 0.25) is 0 Å². The van der Waals surface area contributed by atoms with E-state index >= 15 is 0 Å². The van der Waals surface area contributed by atoms with Crippen LogP contribution in [0.1, 0.15) is 35.3 Å². The fourth-order valence-corrected chi connectivity index (χ4v) is 2.92. The van der Waals surface area contributed by atoms with Crippen LogP contribution in [-0.4, -0.2) is 14.2 Å². The fourth-order valence-electron chi connectivity index (χ4n) is 2.92. The molecule has 3 rings (SSSR count). The van der Waals surface area contributed by atoms with Gasteiger partial charge < -0.3 is 14.8 Å². The zero-order chi connectivity index (χ0) is 14.8. The van der Waals surface area contributed by atoms with Gasteiger partial charge in [-0.05, 0) is 25.6 Å². The predicted octanol–water partition coefficient (Wildman–Crippen LogP) is 3.79. The molecule has 2 atom stereocenters. The second kappa shape index (κ2) is 5.78. The number of rotatable bonds is 3. The van der Waals surface area contributed by atoms with Gasteiger partial charge in [-0.1, -0.05) is 35.9 Å². The van der Waals surface area contributed by atoms with E-state index in [4.69, 9.17) is 9.47 Å². The van der Waals surface area contributed by atoms with Crippen molar-refractivity contribution in [3.8, 4) is 11.5 Å². The number of aryl methyl sites for hydroxylation is 1. The number of hydrogen-bond acceptors (Lipinski definition) is 3. The maximum absolute atomic E-state index is 6.23. The Morgan fingerprint density at radius 3 is 2.76 bits per heavy atom. The second-order valence-corrected chi connectivity index (χ2v) is 5.50. The number of nitrogens with one attached hydrogen (secondary N) is 1. The average Bonchev–Trinajstić information content (AvgIpc) is 2.53. The molecule has 1 N–H and O–H groups in total. The minimum absolute atomic E-state index is 0.0713. The summed E-state index contributed by atoms with van der Waals surface area (Å²) in [5, 5.41) is 3.39. The Kier molecular flexibility index (Phi) is 3.84. The molecule has 0 aromatic heterocycles. The maximum atomic E-state index is 6.23. The van der Waals surface area contributed by atoms with Crippen molar-refractivity contribution >= 4 is 0 Å². The van der Waals surface area contributed by atoms with Crippen LogP contribution in [0.25, 0.3) is 0 Å².